The van der Waals surface area contributed by atoms with Gasteiger partial charge in [-0.1, -0.05) is 0 Å². The van der Waals surface area contributed by atoms with Crippen molar-refractivity contribution in [3.8, 4) is 11.1 Å². The van der Waals surface area contributed by atoms with E-state index in [0.29, 0.717) is 0 Å². The normalized spacial score (nSPS) is 16.6. The zero-order chi connectivity index (χ0) is 37.2. The summed E-state index contributed by atoms with van der Waals surface area (Å²) in [6, 6.07) is 45.6. The molecule has 0 fully saturated rings. The number of rotatable bonds is 11. The van der Waals surface area contributed by atoms with Crippen LogP contribution in [-0.2, 0) is 39.5 Å². The van der Waals surface area contributed by atoms with Crippen molar-refractivity contribution in [2.45, 2.75) is 64.7 Å². The van der Waals surface area contributed by atoms with E-state index in [1.54, 1.807) is 9.77 Å². The Kier molecular flexibility index (Phi) is 14.3. The fraction of sp³-hybridized carbons (Fsp3) is 0.196. The summed E-state index contributed by atoms with van der Waals surface area (Å²) in [6.07, 6.45) is 18.9. The third-order valence-electron chi connectivity index (χ3n) is 11.6. The Morgan fingerprint density at radius 3 is 1.95 bits per heavy atom. The van der Waals surface area contributed by atoms with E-state index in [-0.39, 0.29) is 30.2 Å². The first-order chi connectivity index (χ1) is 26.4. The van der Waals surface area contributed by atoms with Crippen molar-refractivity contribution in [3.63, 3.8) is 0 Å². The molecule has 0 aromatic heterocycles. The van der Waals surface area contributed by atoms with Gasteiger partial charge in [0.05, 0.1) is 0 Å². The molecule has 0 spiro atoms. The molecule has 0 heterocycles. The van der Waals surface area contributed by atoms with E-state index in [1.807, 2.05) is 0 Å². The molecule has 3 aliphatic rings. The fourth-order valence-electron chi connectivity index (χ4n) is 9.09. The average Bonchev–Trinajstić information content (AvgIpc) is 3.83. The van der Waals surface area contributed by atoms with E-state index in [4.69, 9.17) is 0 Å². The molecule has 0 amide bonds. The van der Waals surface area contributed by atoms with Crippen LogP contribution in [0.4, 0.5) is 0 Å². The van der Waals surface area contributed by atoms with Crippen molar-refractivity contribution in [3.05, 3.63) is 205 Å². The number of unbranched alkanes of at least 4 members (excludes halogenated alkanes) is 1. The van der Waals surface area contributed by atoms with E-state index in [0.717, 1.165) is 34.6 Å². The first-order valence-corrected chi connectivity index (χ1v) is 24.6. The van der Waals surface area contributed by atoms with Gasteiger partial charge in [0.2, 0.25) is 0 Å². The molecule has 0 saturated heterocycles. The van der Waals surface area contributed by atoms with Crippen molar-refractivity contribution in [2.24, 2.45) is 0 Å². The Morgan fingerprint density at radius 1 is 0.714 bits per heavy atom. The molecule has 0 aliphatic heterocycles. The Bertz CT molecular complexity index is 2490. The van der Waals surface area contributed by atoms with Gasteiger partial charge in [0.25, 0.3) is 0 Å². The van der Waals surface area contributed by atoms with Crippen LogP contribution in [-0.4, -0.2) is 3.21 Å². The number of fused-ring (bicyclic) bond motifs is 2. The van der Waals surface area contributed by atoms with Crippen LogP contribution in [0.2, 0.25) is 0 Å². The van der Waals surface area contributed by atoms with Crippen LogP contribution in [0.3, 0.4) is 0 Å². The maximum atomic E-state index is 3.83. The minimum atomic E-state index is -2.95. The first kappa shape index (κ1) is 42.7. The first-order valence-electron chi connectivity index (χ1n) is 19.3. The van der Waals surface area contributed by atoms with Gasteiger partial charge >= 0.3 is 349 Å². The van der Waals surface area contributed by atoms with Crippen LogP contribution in [0, 0.1) is 6.92 Å². The molecular weight excluding hydrogens is 934 g/mol. The molecule has 0 bridgehead atoms. The molecule has 1 unspecified atom stereocenters. The van der Waals surface area contributed by atoms with Gasteiger partial charge in [0.1, 0.15) is 0 Å². The monoisotopic (exact) mass is 978 g/mol. The van der Waals surface area contributed by atoms with Gasteiger partial charge < -0.3 is 0 Å². The van der Waals surface area contributed by atoms with Gasteiger partial charge in [-0.25, -0.2) is 0 Å². The number of aryl methyl sites for hydroxylation is 1. The minimum Gasteiger partial charge on any atom is -0.147 e. The van der Waals surface area contributed by atoms with Crippen LogP contribution in [0.1, 0.15) is 61.8 Å². The van der Waals surface area contributed by atoms with Crippen LogP contribution < -0.4 is 10.4 Å². The number of allylic oxidation sites excluding steroid dienone is 8. The smallest absolute Gasteiger partial charge is 0.147 e. The zero-order valence-electron chi connectivity index (χ0n) is 32.2. The van der Waals surface area contributed by atoms with E-state index < -0.39 is 21.3 Å². The molecule has 0 radical (unpaired) electrons. The van der Waals surface area contributed by atoms with Gasteiger partial charge in [-0.15, -0.1) is 24.8 Å². The van der Waals surface area contributed by atoms with Crippen molar-refractivity contribution >= 4 is 71.5 Å². The molecule has 5 aromatic rings. The van der Waals surface area contributed by atoms with Gasteiger partial charge in [0.15, 0.2) is 0 Å². The van der Waals surface area contributed by atoms with Crippen molar-refractivity contribution < 1.29 is 21.3 Å². The number of hydrogen-bond donors (Lipinski definition) is 0. The van der Waals surface area contributed by atoms with Crippen molar-refractivity contribution in [1.82, 2.24) is 0 Å². The fourth-order valence-corrected chi connectivity index (χ4v) is 19.4. The summed E-state index contributed by atoms with van der Waals surface area (Å²) in [7, 11) is 0. The van der Waals surface area contributed by atoms with E-state index in [2.05, 4.69) is 204 Å². The van der Waals surface area contributed by atoms with Crippen LogP contribution >= 0.6 is 56.7 Å². The molecule has 0 saturated carbocycles. The second kappa shape index (κ2) is 18.8. The summed E-state index contributed by atoms with van der Waals surface area (Å²) in [5, 5.41) is 2.74. The Labute approximate surface area is 370 Å². The third-order valence-corrected chi connectivity index (χ3v) is 20.6. The van der Waals surface area contributed by atoms with E-state index in [1.165, 1.54) is 73.4 Å². The number of halogens is 4. The molecule has 1 atom stereocenters. The van der Waals surface area contributed by atoms with Gasteiger partial charge in [-0.3, -0.25) is 0 Å². The molecule has 5 heteroatoms. The zero-order valence-corrected chi connectivity index (χ0v) is 39.5. The van der Waals surface area contributed by atoms with E-state index >= 15 is 0 Å². The van der Waals surface area contributed by atoms with Gasteiger partial charge in [-0.05, 0) is 0 Å². The van der Waals surface area contributed by atoms with E-state index in [9.17, 15) is 0 Å². The standard InChI is InChI=1S/C31H29.C15H12Br2.C5H5.2ClH.Zr/c1-4-5-16-31(27-14-10-7-11-15-27)21-26-19-25-20-28(24-12-8-6-9-13-24)22(2)17-29(25)30(26)18-23(31)3;16-14-8-2-6-12(10-14)4-1-5-13-7-3-9-15(17)11-13;1-2-4-5-3-1;;;/h6-15,17-20H,4-5,16H2,1-3H3;2-3,6-11H,4-5H2;1-3H,4H2;2*1H;. The average molecular weight is 983 g/mol. The predicted octanol–water partition coefficient (Wildman–Crippen LogP) is 13.4. The van der Waals surface area contributed by atoms with Gasteiger partial charge in [0, 0.05) is 0 Å². The molecule has 56 heavy (non-hydrogen) atoms. The molecule has 284 valence electrons. The molecule has 5 aromatic carbocycles. The third kappa shape index (κ3) is 8.46. The topological polar surface area (TPSA) is 0 Å². The second-order valence-electron chi connectivity index (χ2n) is 15.1. The minimum absolute atomic E-state index is 0. The SMILES string of the molecule is CCCCC1(c2ccccc2)C(C)=CC2=c3cc(C)c(-c4ccccc4)cc3=CC2=[C]1[Zr]([C]1=CC=CC1)=[C](Cc1cccc(Br)c1)Cc1cccc(Br)c1.Cl.Cl. The van der Waals surface area contributed by atoms with Crippen LogP contribution in [0.5, 0.6) is 0 Å². The molecule has 3 aliphatic carbocycles. The van der Waals surface area contributed by atoms with Crippen LogP contribution in [0.15, 0.2) is 172 Å². The molecular formula is C51H48Br2Cl2Zr. The van der Waals surface area contributed by atoms with Crippen molar-refractivity contribution in [2.75, 3.05) is 0 Å². The van der Waals surface area contributed by atoms with Crippen molar-refractivity contribution in [1.29, 1.82) is 0 Å². The molecule has 0 nitrogen and oxygen atoms in total. The Hall–Kier alpha value is -2.91. The number of benzene rings is 5. The summed E-state index contributed by atoms with van der Waals surface area (Å²) < 4.78 is 7.48. The second-order valence-corrected chi connectivity index (χ2v) is 23.3. The number of hydrogen-bond acceptors (Lipinski definition) is 0. The maximum absolute atomic E-state index is 3.83. The molecule has 0 N–H and O–H groups in total. The summed E-state index contributed by atoms with van der Waals surface area (Å²) in [5.41, 5.74) is 12.4. The molecule has 8 rings (SSSR count). The summed E-state index contributed by atoms with van der Waals surface area (Å²) in [5.74, 6) is 0. The summed E-state index contributed by atoms with van der Waals surface area (Å²) in [6.45, 7) is 7.11. The van der Waals surface area contributed by atoms with Crippen LogP contribution in [0.25, 0.3) is 22.8 Å². The summed E-state index contributed by atoms with van der Waals surface area (Å²) >= 11 is 4.71. The van der Waals surface area contributed by atoms with Gasteiger partial charge in [-0.2, -0.15) is 0 Å². The quantitative estimate of drug-likeness (QED) is 0.124. The predicted molar refractivity (Wildman–Crippen MR) is 249 cm³/mol. The maximum Gasteiger partial charge on any atom is -0.147 e. The Morgan fingerprint density at radius 2 is 1.36 bits per heavy atom. The Balaban J connectivity index is 0.00000266. The summed E-state index contributed by atoms with van der Waals surface area (Å²) in [4.78, 5) is 0. The largest absolute Gasteiger partial charge is 0.147 e.